The van der Waals surface area contributed by atoms with Crippen LogP contribution in [0.2, 0.25) is 0 Å². The minimum atomic E-state index is -5.05. The van der Waals surface area contributed by atoms with Gasteiger partial charge in [0.1, 0.15) is 11.4 Å². The van der Waals surface area contributed by atoms with Crippen LogP contribution in [-0.4, -0.2) is 40.6 Å². The van der Waals surface area contributed by atoms with Gasteiger partial charge in [-0.2, -0.15) is 40.2 Å². The second-order valence-electron chi connectivity index (χ2n) is 10.5. The number of hydrogen-bond donors (Lipinski definition) is 2. The Bertz CT molecular complexity index is 1530. The van der Waals surface area contributed by atoms with E-state index >= 15 is 0 Å². The molecule has 2 N–H and O–H groups in total. The van der Waals surface area contributed by atoms with Crippen LogP contribution in [0.25, 0.3) is 5.57 Å². The molecular weight excluding hydrogens is 616 g/mol. The van der Waals surface area contributed by atoms with Crippen molar-refractivity contribution in [1.82, 2.24) is 20.4 Å². The average Bonchev–Trinajstić information content (AvgIpc) is 3.42. The molecule has 0 bridgehead atoms. The zero-order chi connectivity index (χ0) is 33.0. The number of amides is 2. The highest BCUT2D eigenvalue weighted by atomic mass is 19.4. The minimum Gasteiger partial charge on any atom is -0.435 e. The summed E-state index contributed by atoms with van der Waals surface area (Å²) < 4.78 is 112. The zero-order valence-electron chi connectivity index (χ0n) is 23.7. The molecule has 0 aliphatic carbocycles. The van der Waals surface area contributed by atoms with Crippen LogP contribution in [0.15, 0.2) is 66.6 Å². The first-order valence-corrected chi connectivity index (χ1v) is 13.7. The quantitative estimate of drug-likeness (QED) is 0.173. The lowest BCUT2D eigenvalue weighted by Crippen LogP contribution is -2.60. The van der Waals surface area contributed by atoms with Gasteiger partial charge in [0.25, 0.3) is 11.8 Å². The van der Waals surface area contributed by atoms with Crippen LogP contribution in [0, 0.1) is 6.92 Å². The molecule has 0 fully saturated rings. The summed E-state index contributed by atoms with van der Waals surface area (Å²) in [4.78, 5) is 26.5. The number of carbonyl (C=O) groups excluding carboxylic acids is 2. The molecular formula is C30H28F8N4O3. The predicted octanol–water partition coefficient (Wildman–Crippen LogP) is 7.03. The summed E-state index contributed by atoms with van der Waals surface area (Å²) in [7, 11) is 0. The zero-order valence-corrected chi connectivity index (χ0v) is 23.7. The van der Waals surface area contributed by atoms with E-state index in [0.29, 0.717) is 0 Å². The van der Waals surface area contributed by atoms with Gasteiger partial charge in [-0.15, -0.1) is 0 Å². The molecule has 2 amide bonds. The molecule has 45 heavy (non-hydrogen) atoms. The lowest BCUT2D eigenvalue weighted by molar-refractivity contribution is -0.201. The van der Waals surface area contributed by atoms with Crippen molar-refractivity contribution < 1.29 is 49.4 Å². The summed E-state index contributed by atoms with van der Waals surface area (Å²) in [5, 5.41) is 8.36. The fourth-order valence-corrected chi connectivity index (χ4v) is 4.89. The Morgan fingerprint density at radius 1 is 1.02 bits per heavy atom. The molecule has 0 saturated carbocycles. The van der Waals surface area contributed by atoms with Crippen molar-refractivity contribution in [3.63, 3.8) is 0 Å². The van der Waals surface area contributed by atoms with Crippen LogP contribution in [0.3, 0.4) is 0 Å². The summed E-state index contributed by atoms with van der Waals surface area (Å²) in [6.45, 7) is -1.28. The molecule has 3 aromatic rings. The summed E-state index contributed by atoms with van der Waals surface area (Å²) in [5.74, 6) is -2.35. The molecule has 7 nitrogen and oxygen atoms in total. The van der Waals surface area contributed by atoms with Crippen molar-refractivity contribution >= 4 is 17.4 Å². The third-order valence-electron chi connectivity index (χ3n) is 7.24. The Morgan fingerprint density at radius 3 is 2.29 bits per heavy atom. The standard InChI is InChI=1S/C30H28F8N4O3/c1-18-5-7-19(8-6-18)23-15-28(30(36,37)38,21-16-39-42(17-21)14-4-2-3-13-29(33,34)35)41-26(44)24(23)40-25(43)20-9-11-22(12-10-20)45-27(31)32/h5-12,16-17,27H,2-4,13-15H2,1H3,(H,40,43)(H,41,44). The number of hydrogen-bond acceptors (Lipinski definition) is 4. The fraction of sp³-hybridized carbons (Fsp3) is 0.367. The highest BCUT2D eigenvalue weighted by Gasteiger charge is 2.60. The van der Waals surface area contributed by atoms with Gasteiger partial charge in [0.15, 0.2) is 5.54 Å². The average molecular weight is 645 g/mol. The van der Waals surface area contributed by atoms with Gasteiger partial charge in [-0.05, 0) is 55.2 Å². The maximum atomic E-state index is 14.9. The Kier molecular flexibility index (Phi) is 9.88. The van der Waals surface area contributed by atoms with E-state index in [2.05, 4.69) is 15.2 Å². The van der Waals surface area contributed by atoms with E-state index in [4.69, 9.17) is 0 Å². The normalized spacial score (nSPS) is 17.4. The van der Waals surface area contributed by atoms with E-state index in [9.17, 15) is 44.7 Å². The maximum absolute atomic E-state index is 14.9. The number of halogens is 8. The lowest BCUT2D eigenvalue weighted by atomic mass is 9.78. The number of alkyl halides is 8. The Balaban J connectivity index is 1.65. The Labute approximate surface area is 252 Å². The van der Waals surface area contributed by atoms with Gasteiger partial charge in [0.2, 0.25) is 0 Å². The van der Waals surface area contributed by atoms with Crippen molar-refractivity contribution in [2.45, 2.75) is 70.1 Å². The van der Waals surface area contributed by atoms with Crippen LogP contribution >= 0.6 is 0 Å². The molecule has 1 aliphatic rings. The molecule has 0 spiro atoms. The number of ether oxygens (including phenoxy) is 1. The molecule has 0 radical (unpaired) electrons. The summed E-state index contributed by atoms with van der Waals surface area (Å²) in [5.41, 5.74) is -2.98. The van der Waals surface area contributed by atoms with E-state index < -0.39 is 60.4 Å². The van der Waals surface area contributed by atoms with Crippen LogP contribution in [0.4, 0.5) is 35.1 Å². The molecule has 2 heterocycles. The molecule has 242 valence electrons. The van der Waals surface area contributed by atoms with E-state index in [1.165, 1.54) is 16.8 Å². The lowest BCUT2D eigenvalue weighted by Gasteiger charge is -2.40. The minimum absolute atomic E-state index is 0.0584. The predicted molar refractivity (Wildman–Crippen MR) is 146 cm³/mol. The van der Waals surface area contributed by atoms with Gasteiger partial charge in [0.05, 0.1) is 6.20 Å². The molecule has 1 unspecified atom stereocenters. The van der Waals surface area contributed by atoms with Crippen molar-refractivity contribution in [3.05, 3.63) is 88.9 Å². The van der Waals surface area contributed by atoms with Gasteiger partial charge in [-0.1, -0.05) is 36.2 Å². The van der Waals surface area contributed by atoms with Gasteiger partial charge in [-0.25, -0.2) is 0 Å². The monoisotopic (exact) mass is 644 g/mol. The first-order valence-electron chi connectivity index (χ1n) is 13.7. The van der Waals surface area contributed by atoms with Crippen LogP contribution in [-0.2, 0) is 16.9 Å². The number of unbranched alkanes of at least 4 members (excludes halogenated alkanes) is 2. The topological polar surface area (TPSA) is 85.2 Å². The Morgan fingerprint density at radius 2 is 1.69 bits per heavy atom. The Hall–Kier alpha value is -4.43. The largest absolute Gasteiger partial charge is 0.435 e. The molecule has 4 rings (SSSR count). The fourth-order valence-electron chi connectivity index (χ4n) is 4.89. The third kappa shape index (κ3) is 8.19. The van der Waals surface area contributed by atoms with E-state index in [0.717, 1.165) is 42.2 Å². The molecule has 0 saturated heterocycles. The second kappa shape index (κ2) is 13.3. The smallest absolute Gasteiger partial charge is 0.416 e. The van der Waals surface area contributed by atoms with Gasteiger partial charge in [0, 0.05) is 36.7 Å². The number of aromatic nitrogens is 2. The van der Waals surface area contributed by atoms with E-state index in [-0.39, 0.29) is 48.3 Å². The third-order valence-corrected chi connectivity index (χ3v) is 7.24. The SMILES string of the molecule is Cc1ccc(C2=C(NC(=O)c3ccc(OC(F)F)cc3)C(=O)NC(c3cnn(CCCCCC(F)(F)F)c3)(C(F)(F)F)C2)cc1. The summed E-state index contributed by atoms with van der Waals surface area (Å²) in [6.07, 6.45) is -8.81. The number of aryl methyl sites for hydroxylation is 2. The van der Waals surface area contributed by atoms with Gasteiger partial charge < -0.3 is 15.4 Å². The highest BCUT2D eigenvalue weighted by molar-refractivity contribution is 6.09. The number of benzene rings is 2. The first-order chi connectivity index (χ1) is 21.1. The second-order valence-corrected chi connectivity index (χ2v) is 10.5. The maximum Gasteiger partial charge on any atom is 0.416 e. The van der Waals surface area contributed by atoms with Crippen molar-refractivity contribution in [3.8, 4) is 5.75 Å². The van der Waals surface area contributed by atoms with Crippen LogP contribution in [0.1, 0.15) is 59.2 Å². The molecule has 2 aromatic carbocycles. The first kappa shape index (κ1) is 33.5. The molecule has 1 aromatic heterocycles. The van der Waals surface area contributed by atoms with Crippen molar-refractivity contribution in [1.29, 1.82) is 0 Å². The van der Waals surface area contributed by atoms with Crippen molar-refractivity contribution in [2.24, 2.45) is 0 Å². The summed E-state index contributed by atoms with van der Waals surface area (Å²) in [6, 6.07) is 10.8. The van der Waals surface area contributed by atoms with Gasteiger partial charge >= 0.3 is 19.0 Å². The highest BCUT2D eigenvalue weighted by Crippen LogP contribution is 2.48. The molecule has 1 aliphatic heterocycles. The number of rotatable bonds is 11. The number of nitrogens with zero attached hydrogens (tertiary/aromatic N) is 2. The van der Waals surface area contributed by atoms with Crippen LogP contribution in [0.5, 0.6) is 5.75 Å². The molecule has 1 atom stereocenters. The molecule has 15 heteroatoms. The number of carbonyl (C=O) groups is 2. The van der Waals surface area contributed by atoms with E-state index in [1.807, 2.05) is 5.32 Å². The van der Waals surface area contributed by atoms with Crippen LogP contribution < -0.4 is 15.4 Å². The van der Waals surface area contributed by atoms with E-state index in [1.54, 1.807) is 19.1 Å². The summed E-state index contributed by atoms with van der Waals surface area (Å²) >= 11 is 0. The number of nitrogens with one attached hydrogen (secondary N) is 2. The van der Waals surface area contributed by atoms with Gasteiger partial charge in [-0.3, -0.25) is 14.3 Å². The van der Waals surface area contributed by atoms with Crippen molar-refractivity contribution in [2.75, 3.05) is 0 Å².